The summed E-state index contributed by atoms with van der Waals surface area (Å²) >= 11 is 0. The van der Waals surface area contributed by atoms with Gasteiger partial charge in [-0.2, -0.15) is 0 Å². The molecule has 0 saturated heterocycles. The van der Waals surface area contributed by atoms with Gasteiger partial charge in [0.05, 0.1) is 24.7 Å². The van der Waals surface area contributed by atoms with Gasteiger partial charge in [0, 0.05) is 18.0 Å². The van der Waals surface area contributed by atoms with Crippen molar-refractivity contribution in [1.29, 1.82) is 0 Å². The minimum atomic E-state index is 0.563. The van der Waals surface area contributed by atoms with Crippen molar-refractivity contribution in [3.05, 3.63) is 36.2 Å². The molecule has 0 radical (unpaired) electrons. The summed E-state index contributed by atoms with van der Waals surface area (Å²) in [4.78, 5) is 9.31. The van der Waals surface area contributed by atoms with Gasteiger partial charge in [0.25, 0.3) is 0 Å². The third kappa shape index (κ3) is 3.36. The number of nitrogens with one attached hydrogen (secondary N) is 1. The van der Waals surface area contributed by atoms with Crippen LogP contribution in [0.15, 0.2) is 30.5 Å². The number of rotatable bonds is 7. The summed E-state index contributed by atoms with van der Waals surface area (Å²) in [7, 11) is 1.67. The van der Waals surface area contributed by atoms with Crippen molar-refractivity contribution in [2.45, 2.75) is 25.2 Å². The predicted octanol–water partition coefficient (Wildman–Crippen LogP) is 2.79. The molecule has 1 aromatic carbocycles. The minimum absolute atomic E-state index is 0.563. The normalized spacial score (nSPS) is 13.9. The van der Waals surface area contributed by atoms with Crippen LogP contribution < -0.4 is 15.8 Å². The average molecular weight is 298 g/mol. The summed E-state index contributed by atoms with van der Waals surface area (Å²) in [6.45, 7) is 1.55. The molecule has 5 nitrogen and oxygen atoms in total. The van der Waals surface area contributed by atoms with Gasteiger partial charge < -0.3 is 15.8 Å². The molecule has 0 bridgehead atoms. The number of nitrogens with two attached hydrogens (primary N) is 1. The highest BCUT2D eigenvalue weighted by atomic mass is 16.5. The van der Waals surface area contributed by atoms with Crippen LogP contribution in [-0.2, 0) is 0 Å². The lowest BCUT2D eigenvalue weighted by atomic mass is 10.1. The molecule has 3 N–H and O–H groups in total. The van der Waals surface area contributed by atoms with E-state index >= 15 is 0 Å². The van der Waals surface area contributed by atoms with Crippen LogP contribution in [0.2, 0.25) is 0 Å². The molecule has 2 aromatic rings. The highest BCUT2D eigenvalue weighted by Gasteiger charge is 2.28. The van der Waals surface area contributed by atoms with E-state index in [9.17, 15) is 0 Å². The van der Waals surface area contributed by atoms with Crippen molar-refractivity contribution in [2.24, 2.45) is 5.73 Å². The molecular formula is C17H22N4O. The largest absolute Gasteiger partial charge is 0.497 e. The Morgan fingerprint density at radius 3 is 2.95 bits per heavy atom. The molecule has 5 heteroatoms. The second-order valence-corrected chi connectivity index (χ2v) is 5.57. The average Bonchev–Trinajstić information content (AvgIpc) is 3.40. The maximum Gasteiger partial charge on any atom is 0.159 e. The van der Waals surface area contributed by atoms with E-state index in [-0.39, 0.29) is 0 Å². The molecule has 3 rings (SSSR count). The van der Waals surface area contributed by atoms with Crippen molar-refractivity contribution in [3.63, 3.8) is 0 Å². The van der Waals surface area contributed by atoms with Crippen molar-refractivity contribution < 1.29 is 4.74 Å². The van der Waals surface area contributed by atoms with Gasteiger partial charge in [0.1, 0.15) is 5.75 Å². The van der Waals surface area contributed by atoms with E-state index in [1.807, 2.05) is 30.5 Å². The minimum Gasteiger partial charge on any atom is -0.497 e. The van der Waals surface area contributed by atoms with Crippen LogP contribution in [-0.4, -0.2) is 30.2 Å². The maximum atomic E-state index is 5.55. The SMILES string of the molecule is COc1cccc(-c2ncc(NCCCN)c(C3CC3)n2)c1. The van der Waals surface area contributed by atoms with Crippen molar-refractivity contribution in [3.8, 4) is 17.1 Å². The topological polar surface area (TPSA) is 73.1 Å². The van der Waals surface area contributed by atoms with Crippen molar-refractivity contribution in [1.82, 2.24) is 9.97 Å². The number of hydrogen-bond donors (Lipinski definition) is 2. The number of methoxy groups -OCH3 is 1. The van der Waals surface area contributed by atoms with Crippen LogP contribution >= 0.6 is 0 Å². The van der Waals surface area contributed by atoms with Gasteiger partial charge in [0.2, 0.25) is 0 Å². The quantitative estimate of drug-likeness (QED) is 0.769. The molecule has 0 aliphatic heterocycles. The van der Waals surface area contributed by atoms with E-state index in [1.165, 1.54) is 12.8 Å². The molecular weight excluding hydrogens is 276 g/mol. The summed E-state index contributed by atoms with van der Waals surface area (Å²) in [5, 5.41) is 3.41. The van der Waals surface area contributed by atoms with E-state index in [2.05, 4.69) is 10.3 Å². The Morgan fingerprint density at radius 1 is 1.36 bits per heavy atom. The summed E-state index contributed by atoms with van der Waals surface area (Å²) < 4.78 is 5.28. The van der Waals surface area contributed by atoms with Gasteiger partial charge in [-0.3, -0.25) is 0 Å². The van der Waals surface area contributed by atoms with E-state index in [4.69, 9.17) is 15.5 Å². The molecule has 0 atom stereocenters. The number of hydrogen-bond acceptors (Lipinski definition) is 5. The smallest absolute Gasteiger partial charge is 0.159 e. The van der Waals surface area contributed by atoms with Gasteiger partial charge >= 0.3 is 0 Å². The molecule has 0 amide bonds. The fourth-order valence-electron chi connectivity index (χ4n) is 2.43. The van der Waals surface area contributed by atoms with Crippen LogP contribution in [0.1, 0.15) is 30.9 Å². The Kier molecular flexibility index (Phi) is 4.53. The lowest BCUT2D eigenvalue weighted by Gasteiger charge is -2.12. The monoisotopic (exact) mass is 298 g/mol. The van der Waals surface area contributed by atoms with E-state index in [0.717, 1.165) is 41.5 Å². The first-order valence-corrected chi connectivity index (χ1v) is 7.77. The Balaban J connectivity index is 1.87. The zero-order chi connectivity index (χ0) is 15.4. The summed E-state index contributed by atoms with van der Waals surface area (Å²) in [6.07, 6.45) is 5.26. The van der Waals surface area contributed by atoms with Gasteiger partial charge in [-0.05, 0) is 37.9 Å². The Morgan fingerprint density at radius 2 is 2.23 bits per heavy atom. The zero-order valence-electron chi connectivity index (χ0n) is 12.9. The standard InChI is InChI=1S/C17H22N4O/c1-22-14-5-2-4-13(10-14)17-20-11-15(19-9-3-8-18)16(21-17)12-6-7-12/h2,4-5,10-12,19H,3,6-9,18H2,1H3. The predicted molar refractivity (Wildman–Crippen MR) is 88.2 cm³/mol. The number of benzene rings is 1. The molecule has 1 saturated carbocycles. The molecule has 1 fully saturated rings. The first-order chi connectivity index (χ1) is 10.8. The second kappa shape index (κ2) is 6.75. The number of anilines is 1. The summed E-state index contributed by atoms with van der Waals surface area (Å²) in [5.41, 5.74) is 8.70. The molecule has 0 spiro atoms. The van der Waals surface area contributed by atoms with Gasteiger partial charge in [-0.15, -0.1) is 0 Å². The van der Waals surface area contributed by atoms with E-state index in [1.54, 1.807) is 7.11 Å². The van der Waals surface area contributed by atoms with Crippen LogP contribution in [0.5, 0.6) is 5.75 Å². The third-order valence-corrected chi connectivity index (χ3v) is 3.81. The van der Waals surface area contributed by atoms with Crippen molar-refractivity contribution in [2.75, 3.05) is 25.5 Å². The molecule has 116 valence electrons. The second-order valence-electron chi connectivity index (χ2n) is 5.57. The third-order valence-electron chi connectivity index (χ3n) is 3.81. The lowest BCUT2D eigenvalue weighted by molar-refractivity contribution is 0.415. The molecule has 1 heterocycles. The van der Waals surface area contributed by atoms with E-state index in [0.29, 0.717) is 12.5 Å². The van der Waals surface area contributed by atoms with Crippen LogP contribution in [0.3, 0.4) is 0 Å². The highest BCUT2D eigenvalue weighted by Crippen LogP contribution is 2.42. The molecule has 1 aliphatic carbocycles. The fraction of sp³-hybridized carbons (Fsp3) is 0.412. The number of ether oxygens (including phenoxy) is 1. The Labute approximate surface area is 130 Å². The maximum absolute atomic E-state index is 5.55. The fourth-order valence-corrected chi connectivity index (χ4v) is 2.43. The zero-order valence-corrected chi connectivity index (χ0v) is 12.9. The molecule has 0 unspecified atom stereocenters. The lowest BCUT2D eigenvalue weighted by Crippen LogP contribution is -2.11. The van der Waals surface area contributed by atoms with Gasteiger partial charge in [-0.1, -0.05) is 12.1 Å². The highest BCUT2D eigenvalue weighted by molar-refractivity contribution is 5.60. The molecule has 1 aromatic heterocycles. The van der Waals surface area contributed by atoms with Crippen LogP contribution in [0.4, 0.5) is 5.69 Å². The van der Waals surface area contributed by atoms with Crippen LogP contribution in [0, 0.1) is 0 Å². The van der Waals surface area contributed by atoms with Crippen LogP contribution in [0.25, 0.3) is 11.4 Å². The Bertz CT molecular complexity index is 640. The number of aromatic nitrogens is 2. The Hall–Kier alpha value is -2.14. The molecule has 22 heavy (non-hydrogen) atoms. The summed E-state index contributed by atoms with van der Waals surface area (Å²) in [6, 6.07) is 7.86. The number of nitrogens with zero attached hydrogens (tertiary/aromatic N) is 2. The first-order valence-electron chi connectivity index (χ1n) is 7.77. The first kappa shape index (κ1) is 14.8. The van der Waals surface area contributed by atoms with E-state index < -0.39 is 0 Å². The van der Waals surface area contributed by atoms with Gasteiger partial charge in [0.15, 0.2) is 5.82 Å². The van der Waals surface area contributed by atoms with Crippen molar-refractivity contribution >= 4 is 5.69 Å². The summed E-state index contributed by atoms with van der Waals surface area (Å²) in [5.74, 6) is 2.14. The van der Waals surface area contributed by atoms with Gasteiger partial charge in [-0.25, -0.2) is 9.97 Å². The molecule has 1 aliphatic rings.